The van der Waals surface area contributed by atoms with Gasteiger partial charge in [0, 0.05) is 13.1 Å². The third-order valence-electron chi connectivity index (χ3n) is 3.56. The van der Waals surface area contributed by atoms with Gasteiger partial charge in [0.15, 0.2) is 0 Å². The van der Waals surface area contributed by atoms with Gasteiger partial charge in [0.1, 0.15) is 4.88 Å². The summed E-state index contributed by atoms with van der Waals surface area (Å²) in [5.74, 6) is 0.728. The summed E-state index contributed by atoms with van der Waals surface area (Å²) in [6.07, 6.45) is 3.31. The van der Waals surface area contributed by atoms with Gasteiger partial charge in [-0.2, -0.15) is 0 Å². The minimum absolute atomic E-state index is 0.105. The molecule has 0 saturated carbocycles. The Labute approximate surface area is 118 Å². The summed E-state index contributed by atoms with van der Waals surface area (Å²) in [5, 5.41) is 7.30. The summed E-state index contributed by atoms with van der Waals surface area (Å²) >= 11 is 1.21. The van der Waals surface area contributed by atoms with Gasteiger partial charge < -0.3 is 10.2 Å². The smallest absolute Gasteiger partial charge is 0.267 e. The van der Waals surface area contributed by atoms with Crippen molar-refractivity contribution in [3.05, 3.63) is 10.6 Å². The van der Waals surface area contributed by atoms with Gasteiger partial charge in [-0.05, 0) is 56.7 Å². The number of carbonyl (C=O) groups excluding carboxylic acids is 1. The normalized spacial score (nSPS) is 16.5. The van der Waals surface area contributed by atoms with Crippen molar-refractivity contribution in [2.45, 2.75) is 33.1 Å². The van der Waals surface area contributed by atoms with E-state index in [0.29, 0.717) is 10.8 Å². The summed E-state index contributed by atoms with van der Waals surface area (Å²) in [6.45, 7) is 7.79. The van der Waals surface area contributed by atoms with Gasteiger partial charge >= 0.3 is 0 Å². The first kappa shape index (κ1) is 14.4. The molecule has 1 aromatic rings. The molecular formula is C13H22N4OS. The van der Waals surface area contributed by atoms with Gasteiger partial charge in [-0.15, -0.1) is 5.10 Å². The van der Waals surface area contributed by atoms with E-state index in [1.165, 1.54) is 11.5 Å². The second-order valence-electron chi connectivity index (χ2n) is 5.13. The van der Waals surface area contributed by atoms with Crippen molar-refractivity contribution in [3.63, 3.8) is 0 Å². The number of aromatic nitrogens is 2. The largest absolute Gasteiger partial charge is 0.338 e. The third kappa shape index (κ3) is 3.73. The van der Waals surface area contributed by atoms with Crippen LogP contribution in [-0.2, 0) is 0 Å². The number of rotatable bonds is 5. The second-order valence-corrected chi connectivity index (χ2v) is 5.89. The van der Waals surface area contributed by atoms with Gasteiger partial charge in [-0.25, -0.2) is 0 Å². The van der Waals surface area contributed by atoms with Crippen LogP contribution in [0.25, 0.3) is 0 Å². The molecule has 0 unspecified atom stereocenters. The lowest BCUT2D eigenvalue weighted by Crippen LogP contribution is -2.39. The molecule has 19 heavy (non-hydrogen) atoms. The molecule has 5 nitrogen and oxygen atoms in total. The molecule has 2 heterocycles. The lowest BCUT2D eigenvalue weighted by atomic mass is 9.97. The minimum atomic E-state index is 0.105. The average Bonchev–Trinajstić information content (AvgIpc) is 2.85. The molecule has 1 fully saturated rings. The fourth-order valence-electron chi connectivity index (χ4n) is 2.49. The Kier molecular flexibility index (Phi) is 5.27. The number of hydrogen-bond donors (Lipinski definition) is 1. The van der Waals surface area contributed by atoms with E-state index in [0.717, 1.165) is 51.1 Å². The van der Waals surface area contributed by atoms with E-state index in [-0.39, 0.29) is 5.91 Å². The number of aryl methyl sites for hydroxylation is 1. The second kappa shape index (κ2) is 6.96. The topological polar surface area (TPSA) is 58.1 Å². The van der Waals surface area contributed by atoms with Crippen LogP contribution in [0.3, 0.4) is 0 Å². The lowest BCUT2D eigenvalue weighted by Gasteiger charge is -2.29. The van der Waals surface area contributed by atoms with Crippen LogP contribution >= 0.6 is 11.5 Å². The predicted octanol–water partition coefficient (Wildman–Crippen LogP) is 1.70. The summed E-state index contributed by atoms with van der Waals surface area (Å²) < 4.78 is 3.87. The van der Waals surface area contributed by atoms with Gasteiger partial charge in [0.2, 0.25) is 0 Å². The molecule has 1 aliphatic heterocycles. The molecule has 106 valence electrons. The van der Waals surface area contributed by atoms with E-state index in [9.17, 15) is 4.79 Å². The zero-order valence-corrected chi connectivity index (χ0v) is 12.5. The molecule has 0 aromatic carbocycles. The number of amides is 1. The number of piperidine rings is 1. The van der Waals surface area contributed by atoms with Crippen LogP contribution < -0.4 is 5.32 Å². The van der Waals surface area contributed by atoms with Crippen molar-refractivity contribution >= 4 is 17.4 Å². The maximum atomic E-state index is 12.5. The highest BCUT2D eigenvalue weighted by atomic mass is 32.1. The zero-order chi connectivity index (χ0) is 13.7. The Bertz CT molecular complexity index is 415. The summed E-state index contributed by atoms with van der Waals surface area (Å²) in [7, 11) is 0. The molecule has 2 rings (SSSR count). The van der Waals surface area contributed by atoms with Crippen molar-refractivity contribution < 1.29 is 4.79 Å². The standard InChI is InChI=1S/C13H22N4OS/c1-3-8-17(9-11-4-6-14-7-5-11)13(18)12-10(2)15-16-19-12/h11,14H,3-9H2,1-2H3. The first-order chi connectivity index (χ1) is 9.22. The Morgan fingerprint density at radius 3 is 2.79 bits per heavy atom. The highest BCUT2D eigenvalue weighted by molar-refractivity contribution is 7.07. The molecule has 1 N–H and O–H groups in total. The fourth-order valence-corrected chi connectivity index (χ4v) is 3.12. The highest BCUT2D eigenvalue weighted by Crippen LogP contribution is 2.18. The van der Waals surface area contributed by atoms with E-state index in [4.69, 9.17) is 0 Å². The van der Waals surface area contributed by atoms with Crippen LogP contribution in [0.4, 0.5) is 0 Å². The van der Waals surface area contributed by atoms with Gasteiger partial charge in [-0.3, -0.25) is 4.79 Å². The van der Waals surface area contributed by atoms with Crippen molar-refractivity contribution in [1.82, 2.24) is 19.8 Å². The van der Waals surface area contributed by atoms with Crippen molar-refractivity contribution in [2.75, 3.05) is 26.2 Å². The van der Waals surface area contributed by atoms with Gasteiger partial charge in [0.05, 0.1) is 5.69 Å². The average molecular weight is 282 g/mol. The minimum Gasteiger partial charge on any atom is -0.338 e. The van der Waals surface area contributed by atoms with Crippen LogP contribution in [0.2, 0.25) is 0 Å². The van der Waals surface area contributed by atoms with Crippen LogP contribution in [0.1, 0.15) is 41.6 Å². The molecular weight excluding hydrogens is 260 g/mol. The van der Waals surface area contributed by atoms with E-state index in [2.05, 4.69) is 21.8 Å². The van der Waals surface area contributed by atoms with E-state index in [1.807, 2.05) is 11.8 Å². The van der Waals surface area contributed by atoms with Gasteiger partial charge in [0.25, 0.3) is 5.91 Å². The van der Waals surface area contributed by atoms with Gasteiger partial charge in [-0.1, -0.05) is 11.4 Å². The van der Waals surface area contributed by atoms with Crippen molar-refractivity contribution in [3.8, 4) is 0 Å². The summed E-state index contributed by atoms with van der Waals surface area (Å²) in [6, 6.07) is 0. The summed E-state index contributed by atoms with van der Waals surface area (Å²) in [5.41, 5.74) is 0.751. The molecule has 0 spiro atoms. The zero-order valence-electron chi connectivity index (χ0n) is 11.7. The summed E-state index contributed by atoms with van der Waals surface area (Å²) in [4.78, 5) is 15.2. The Hall–Kier alpha value is -1.01. The highest BCUT2D eigenvalue weighted by Gasteiger charge is 2.23. The van der Waals surface area contributed by atoms with Crippen LogP contribution in [0.5, 0.6) is 0 Å². The SMILES string of the molecule is CCCN(CC1CCNCC1)C(=O)c1snnc1C. The monoisotopic (exact) mass is 282 g/mol. The molecule has 0 atom stereocenters. The van der Waals surface area contributed by atoms with E-state index >= 15 is 0 Å². The molecule has 0 radical (unpaired) electrons. The van der Waals surface area contributed by atoms with Crippen LogP contribution in [0.15, 0.2) is 0 Å². The molecule has 1 amide bonds. The number of nitrogens with zero attached hydrogens (tertiary/aromatic N) is 3. The number of hydrogen-bond acceptors (Lipinski definition) is 5. The van der Waals surface area contributed by atoms with Crippen LogP contribution in [0, 0.1) is 12.8 Å². The lowest BCUT2D eigenvalue weighted by molar-refractivity contribution is 0.0720. The molecule has 0 aliphatic carbocycles. The molecule has 6 heteroatoms. The number of carbonyl (C=O) groups is 1. The third-order valence-corrected chi connectivity index (χ3v) is 4.38. The Balaban J connectivity index is 2.02. The van der Waals surface area contributed by atoms with E-state index < -0.39 is 0 Å². The number of nitrogens with one attached hydrogen (secondary N) is 1. The first-order valence-corrected chi connectivity index (χ1v) is 7.78. The van der Waals surface area contributed by atoms with Crippen molar-refractivity contribution in [2.24, 2.45) is 5.92 Å². The molecule has 1 saturated heterocycles. The van der Waals surface area contributed by atoms with E-state index in [1.54, 1.807) is 0 Å². The Morgan fingerprint density at radius 2 is 2.21 bits per heavy atom. The fraction of sp³-hybridized carbons (Fsp3) is 0.769. The van der Waals surface area contributed by atoms with Crippen molar-refractivity contribution in [1.29, 1.82) is 0 Å². The Morgan fingerprint density at radius 1 is 1.47 bits per heavy atom. The maximum absolute atomic E-state index is 12.5. The molecule has 1 aromatic heterocycles. The maximum Gasteiger partial charge on any atom is 0.267 e. The molecule has 1 aliphatic rings. The first-order valence-electron chi connectivity index (χ1n) is 7.01. The van der Waals surface area contributed by atoms with Crippen LogP contribution in [-0.4, -0.2) is 46.6 Å². The molecule has 0 bridgehead atoms. The quantitative estimate of drug-likeness (QED) is 0.893. The predicted molar refractivity (Wildman–Crippen MR) is 76.4 cm³/mol.